The molecule has 88 valence electrons. The molecule has 0 aromatic heterocycles. The van der Waals surface area contributed by atoms with Crippen molar-refractivity contribution in [3.63, 3.8) is 0 Å². The number of carbonyl (C=O) groups excluding carboxylic acids is 2. The first kappa shape index (κ1) is 12.2. The monoisotopic (exact) mass is 226 g/mol. The van der Waals surface area contributed by atoms with Crippen LogP contribution >= 0.6 is 0 Å². The Bertz CT molecular complexity index is 362. The summed E-state index contributed by atoms with van der Waals surface area (Å²) in [5.41, 5.74) is 0.540. The van der Waals surface area contributed by atoms with E-state index in [0.717, 1.165) is 6.08 Å². The maximum Gasteiger partial charge on any atom is 0.328 e. The van der Waals surface area contributed by atoms with Gasteiger partial charge in [-0.1, -0.05) is 0 Å². The zero-order valence-corrected chi connectivity index (χ0v) is 9.27. The Hall–Kier alpha value is -1.85. The predicted octanol–water partition coefficient (Wildman–Crippen LogP) is -0.682. The first-order valence-corrected chi connectivity index (χ1v) is 4.82. The largest absolute Gasteiger partial charge is 0.478 e. The third kappa shape index (κ3) is 3.08. The molecule has 1 rings (SSSR count). The standard InChI is InChI=1S/C10H14N2O4/c1-7(3-10(15)16)4-12-6-8(13)11(2)5-9(12)14/h3H,4-6H2,1-2H3,(H,15,16). The molecule has 1 aliphatic rings. The molecule has 16 heavy (non-hydrogen) atoms. The van der Waals surface area contributed by atoms with Gasteiger partial charge in [-0.05, 0) is 12.5 Å². The van der Waals surface area contributed by atoms with Crippen molar-refractivity contribution >= 4 is 17.8 Å². The molecule has 1 saturated heterocycles. The molecule has 0 aromatic rings. The first-order chi connectivity index (χ1) is 7.40. The summed E-state index contributed by atoms with van der Waals surface area (Å²) >= 11 is 0. The zero-order valence-electron chi connectivity index (χ0n) is 9.27. The molecule has 0 atom stereocenters. The summed E-state index contributed by atoms with van der Waals surface area (Å²) in [5.74, 6) is -1.35. The third-order valence-electron chi connectivity index (χ3n) is 2.29. The summed E-state index contributed by atoms with van der Waals surface area (Å²) in [6.45, 7) is 1.87. The topological polar surface area (TPSA) is 77.9 Å². The van der Waals surface area contributed by atoms with Crippen molar-refractivity contribution in [1.29, 1.82) is 0 Å². The minimum absolute atomic E-state index is 0.0140. The Kier molecular flexibility index (Phi) is 3.65. The minimum atomic E-state index is -1.05. The zero-order chi connectivity index (χ0) is 12.3. The lowest BCUT2D eigenvalue weighted by Crippen LogP contribution is -2.52. The molecule has 1 aliphatic heterocycles. The summed E-state index contributed by atoms with van der Waals surface area (Å²) in [6, 6.07) is 0. The quantitative estimate of drug-likeness (QED) is 0.647. The van der Waals surface area contributed by atoms with Crippen LogP contribution in [0.3, 0.4) is 0 Å². The maximum atomic E-state index is 11.5. The van der Waals surface area contributed by atoms with Crippen LogP contribution < -0.4 is 0 Å². The number of hydrogen-bond donors (Lipinski definition) is 1. The van der Waals surface area contributed by atoms with E-state index in [4.69, 9.17) is 5.11 Å². The number of carboxylic acids is 1. The Balaban J connectivity index is 2.64. The molecule has 0 aromatic carbocycles. The first-order valence-electron chi connectivity index (χ1n) is 4.82. The summed E-state index contributed by atoms with van der Waals surface area (Å²) in [5, 5.41) is 8.52. The Morgan fingerprint density at radius 2 is 2.00 bits per heavy atom. The molecule has 6 heteroatoms. The average Bonchev–Trinajstić information content (AvgIpc) is 2.12. The van der Waals surface area contributed by atoms with Crippen LogP contribution in [0.15, 0.2) is 11.6 Å². The summed E-state index contributed by atoms with van der Waals surface area (Å²) in [6.07, 6.45) is 1.04. The van der Waals surface area contributed by atoms with Gasteiger partial charge in [-0.2, -0.15) is 0 Å². The Labute approximate surface area is 93.1 Å². The Morgan fingerprint density at radius 1 is 1.38 bits per heavy atom. The lowest BCUT2D eigenvalue weighted by atomic mass is 10.2. The molecular weight excluding hydrogens is 212 g/mol. The average molecular weight is 226 g/mol. The van der Waals surface area contributed by atoms with Crippen molar-refractivity contribution in [3.05, 3.63) is 11.6 Å². The fourth-order valence-electron chi connectivity index (χ4n) is 1.46. The highest BCUT2D eigenvalue weighted by atomic mass is 16.4. The second-order valence-corrected chi connectivity index (χ2v) is 3.83. The van der Waals surface area contributed by atoms with Gasteiger partial charge in [0.15, 0.2) is 0 Å². The smallest absolute Gasteiger partial charge is 0.328 e. The number of carbonyl (C=O) groups is 3. The van der Waals surface area contributed by atoms with Crippen molar-refractivity contribution < 1.29 is 19.5 Å². The van der Waals surface area contributed by atoms with E-state index in [0.29, 0.717) is 5.57 Å². The van der Waals surface area contributed by atoms with E-state index in [1.165, 1.54) is 9.80 Å². The molecule has 6 nitrogen and oxygen atoms in total. The van der Waals surface area contributed by atoms with Crippen LogP contribution in [-0.4, -0.2) is 59.4 Å². The van der Waals surface area contributed by atoms with Crippen LogP contribution in [0, 0.1) is 0 Å². The van der Waals surface area contributed by atoms with Crippen LogP contribution in [0.4, 0.5) is 0 Å². The molecule has 0 saturated carbocycles. The summed E-state index contributed by atoms with van der Waals surface area (Å²) in [4.78, 5) is 36.0. The lowest BCUT2D eigenvalue weighted by molar-refractivity contribution is -0.148. The van der Waals surface area contributed by atoms with Gasteiger partial charge in [0.05, 0.1) is 6.54 Å². The van der Waals surface area contributed by atoms with Crippen LogP contribution in [0.2, 0.25) is 0 Å². The second-order valence-electron chi connectivity index (χ2n) is 3.83. The van der Waals surface area contributed by atoms with Crippen molar-refractivity contribution in [3.8, 4) is 0 Å². The molecule has 1 heterocycles. The van der Waals surface area contributed by atoms with Crippen molar-refractivity contribution in [2.24, 2.45) is 0 Å². The van der Waals surface area contributed by atoms with E-state index in [1.807, 2.05) is 0 Å². The third-order valence-corrected chi connectivity index (χ3v) is 2.29. The molecule has 0 bridgehead atoms. The molecular formula is C10H14N2O4. The molecule has 1 N–H and O–H groups in total. The lowest BCUT2D eigenvalue weighted by Gasteiger charge is -2.31. The van der Waals surface area contributed by atoms with E-state index >= 15 is 0 Å². The molecule has 0 radical (unpaired) electrons. The highest BCUT2D eigenvalue weighted by Crippen LogP contribution is 2.06. The van der Waals surface area contributed by atoms with E-state index in [2.05, 4.69) is 0 Å². The normalized spacial score (nSPS) is 18.0. The van der Waals surface area contributed by atoms with Gasteiger partial charge in [-0.25, -0.2) is 4.79 Å². The van der Waals surface area contributed by atoms with Crippen molar-refractivity contribution in [2.75, 3.05) is 26.7 Å². The number of amides is 2. The number of carboxylic acid groups (broad SMARTS) is 1. The van der Waals surface area contributed by atoms with E-state index < -0.39 is 5.97 Å². The summed E-state index contributed by atoms with van der Waals surface area (Å²) < 4.78 is 0. The van der Waals surface area contributed by atoms with Crippen molar-refractivity contribution in [1.82, 2.24) is 9.80 Å². The number of aliphatic carboxylic acids is 1. The number of hydrogen-bond acceptors (Lipinski definition) is 3. The number of likely N-dealkylation sites (N-methyl/N-ethyl adjacent to an activating group) is 1. The van der Waals surface area contributed by atoms with Crippen LogP contribution in [0.5, 0.6) is 0 Å². The van der Waals surface area contributed by atoms with E-state index in [9.17, 15) is 14.4 Å². The van der Waals surface area contributed by atoms with Crippen LogP contribution in [-0.2, 0) is 14.4 Å². The highest BCUT2D eigenvalue weighted by Gasteiger charge is 2.27. The number of rotatable bonds is 3. The Morgan fingerprint density at radius 3 is 2.56 bits per heavy atom. The number of nitrogens with zero attached hydrogens (tertiary/aromatic N) is 2. The van der Waals surface area contributed by atoms with Gasteiger partial charge in [-0.3, -0.25) is 9.59 Å². The minimum Gasteiger partial charge on any atom is -0.478 e. The van der Waals surface area contributed by atoms with Crippen LogP contribution in [0.25, 0.3) is 0 Å². The van der Waals surface area contributed by atoms with Gasteiger partial charge in [0.2, 0.25) is 11.8 Å². The van der Waals surface area contributed by atoms with Gasteiger partial charge >= 0.3 is 5.97 Å². The van der Waals surface area contributed by atoms with Crippen LogP contribution in [0.1, 0.15) is 6.92 Å². The SMILES string of the molecule is CC(=CC(=O)O)CN1CC(=O)N(C)CC1=O. The molecule has 2 amide bonds. The maximum absolute atomic E-state index is 11.5. The van der Waals surface area contributed by atoms with Gasteiger partial charge in [0.1, 0.15) is 6.54 Å². The molecule has 0 spiro atoms. The van der Waals surface area contributed by atoms with Crippen molar-refractivity contribution in [2.45, 2.75) is 6.92 Å². The van der Waals surface area contributed by atoms with Gasteiger partial charge in [0, 0.05) is 19.7 Å². The van der Waals surface area contributed by atoms with Gasteiger partial charge in [-0.15, -0.1) is 0 Å². The summed E-state index contributed by atoms with van der Waals surface area (Å²) in [7, 11) is 1.57. The van der Waals surface area contributed by atoms with E-state index in [1.54, 1.807) is 14.0 Å². The number of piperazine rings is 1. The fraction of sp³-hybridized carbons (Fsp3) is 0.500. The highest BCUT2D eigenvalue weighted by molar-refractivity contribution is 5.92. The predicted molar refractivity (Wildman–Crippen MR) is 55.6 cm³/mol. The molecule has 0 unspecified atom stereocenters. The fourth-order valence-corrected chi connectivity index (χ4v) is 1.46. The molecule has 0 aliphatic carbocycles. The van der Waals surface area contributed by atoms with Gasteiger partial charge < -0.3 is 14.9 Å². The van der Waals surface area contributed by atoms with Gasteiger partial charge in [0.25, 0.3) is 0 Å². The van der Waals surface area contributed by atoms with E-state index in [-0.39, 0.29) is 31.4 Å². The molecule has 1 fully saturated rings. The second kappa shape index (κ2) is 4.78.